The predicted molar refractivity (Wildman–Crippen MR) is 142 cm³/mol. The van der Waals surface area contributed by atoms with Gasteiger partial charge in [-0.3, -0.25) is 4.40 Å². The van der Waals surface area contributed by atoms with Gasteiger partial charge >= 0.3 is 0 Å². The largest absolute Gasteiger partial charge is 0.491 e. The molecule has 0 saturated carbocycles. The van der Waals surface area contributed by atoms with Gasteiger partial charge in [-0.15, -0.1) is 24.8 Å². The van der Waals surface area contributed by atoms with E-state index in [0.717, 1.165) is 53.3 Å². The average Bonchev–Trinajstić information content (AvgIpc) is 3.21. The summed E-state index contributed by atoms with van der Waals surface area (Å²) in [7, 11) is 1.67. The van der Waals surface area contributed by atoms with Crippen LogP contribution in [0.4, 0.5) is 5.69 Å². The second kappa shape index (κ2) is 10.8. The SMILES string of the molecule is COCCOc1ccn2c(-c3ccc4cccc(N5CCNC(C)(C)C5)c4n3)cnc2c1.Cl.Cl. The second-order valence-corrected chi connectivity index (χ2v) is 8.85. The third kappa shape index (κ3) is 5.23. The summed E-state index contributed by atoms with van der Waals surface area (Å²) >= 11 is 0. The zero-order valence-corrected chi connectivity index (χ0v) is 21.3. The van der Waals surface area contributed by atoms with Crippen molar-refractivity contribution < 1.29 is 9.47 Å². The number of imidazole rings is 1. The summed E-state index contributed by atoms with van der Waals surface area (Å²) in [5.41, 5.74) is 4.97. The Labute approximate surface area is 212 Å². The number of nitrogens with zero attached hydrogens (tertiary/aromatic N) is 4. The fraction of sp³-hybridized carbons (Fsp3) is 0.360. The Kier molecular flexibility index (Phi) is 8.25. The van der Waals surface area contributed by atoms with Crippen molar-refractivity contribution >= 4 is 47.1 Å². The lowest BCUT2D eigenvalue weighted by atomic mass is 10.0. The maximum atomic E-state index is 5.72. The number of ether oxygens (including phenoxy) is 2. The normalized spacial score (nSPS) is 15.1. The van der Waals surface area contributed by atoms with E-state index in [4.69, 9.17) is 14.5 Å². The molecule has 3 aromatic heterocycles. The molecule has 1 saturated heterocycles. The summed E-state index contributed by atoms with van der Waals surface area (Å²) in [4.78, 5) is 12.1. The molecule has 9 heteroatoms. The molecule has 1 aliphatic rings. The Bertz CT molecular complexity index is 1260. The molecule has 1 fully saturated rings. The number of benzene rings is 1. The summed E-state index contributed by atoms with van der Waals surface area (Å²) in [5, 5.41) is 4.73. The van der Waals surface area contributed by atoms with Crippen LogP contribution in [0.1, 0.15) is 13.8 Å². The second-order valence-electron chi connectivity index (χ2n) is 8.85. The van der Waals surface area contributed by atoms with Crippen molar-refractivity contribution in [3.05, 3.63) is 54.9 Å². The average molecular weight is 504 g/mol. The molecule has 0 unspecified atom stereocenters. The van der Waals surface area contributed by atoms with Gasteiger partial charge in [0, 0.05) is 49.9 Å². The number of halogens is 2. The maximum absolute atomic E-state index is 5.72. The van der Waals surface area contributed by atoms with E-state index in [-0.39, 0.29) is 30.4 Å². The fourth-order valence-corrected chi connectivity index (χ4v) is 4.36. The molecule has 0 bridgehead atoms. The van der Waals surface area contributed by atoms with Gasteiger partial charge in [0.25, 0.3) is 0 Å². The predicted octanol–water partition coefficient (Wildman–Crippen LogP) is 4.61. The number of anilines is 1. The molecule has 34 heavy (non-hydrogen) atoms. The molecule has 1 N–H and O–H groups in total. The number of piperazine rings is 1. The Morgan fingerprint density at radius 3 is 2.74 bits per heavy atom. The number of rotatable bonds is 6. The number of hydrogen-bond donors (Lipinski definition) is 1. The topological polar surface area (TPSA) is 63.9 Å². The van der Waals surface area contributed by atoms with Gasteiger partial charge in [-0.1, -0.05) is 18.2 Å². The van der Waals surface area contributed by atoms with Crippen LogP contribution in [-0.2, 0) is 4.74 Å². The van der Waals surface area contributed by atoms with Gasteiger partial charge in [0.1, 0.15) is 18.0 Å². The number of para-hydroxylation sites is 1. The minimum Gasteiger partial charge on any atom is -0.491 e. The van der Waals surface area contributed by atoms with Crippen LogP contribution in [0, 0.1) is 0 Å². The van der Waals surface area contributed by atoms with Crippen molar-refractivity contribution in [2.45, 2.75) is 19.4 Å². The highest BCUT2D eigenvalue weighted by Crippen LogP contribution is 2.30. The number of methoxy groups -OCH3 is 1. The van der Waals surface area contributed by atoms with E-state index in [1.807, 2.05) is 28.9 Å². The fourth-order valence-electron chi connectivity index (χ4n) is 4.36. The summed E-state index contributed by atoms with van der Waals surface area (Å²) in [6, 6.07) is 14.5. The summed E-state index contributed by atoms with van der Waals surface area (Å²) in [5.74, 6) is 0.779. The van der Waals surface area contributed by atoms with Gasteiger partial charge in [-0.25, -0.2) is 9.97 Å². The van der Waals surface area contributed by atoms with Crippen molar-refractivity contribution in [1.29, 1.82) is 0 Å². The highest BCUT2D eigenvalue weighted by molar-refractivity contribution is 5.92. The highest BCUT2D eigenvalue weighted by atomic mass is 35.5. The van der Waals surface area contributed by atoms with Gasteiger partial charge in [0.2, 0.25) is 0 Å². The van der Waals surface area contributed by atoms with E-state index in [1.54, 1.807) is 7.11 Å². The molecule has 4 aromatic rings. The monoisotopic (exact) mass is 503 g/mol. The van der Waals surface area contributed by atoms with Crippen LogP contribution < -0.4 is 15.0 Å². The molecule has 182 valence electrons. The molecular weight excluding hydrogens is 473 g/mol. The first-order valence-corrected chi connectivity index (χ1v) is 11.0. The molecule has 0 spiro atoms. The molecule has 0 amide bonds. The third-order valence-electron chi connectivity index (χ3n) is 5.91. The number of aromatic nitrogens is 3. The van der Waals surface area contributed by atoms with Crippen LogP contribution >= 0.6 is 24.8 Å². The number of hydrogen-bond acceptors (Lipinski definition) is 6. The maximum Gasteiger partial charge on any atom is 0.140 e. The van der Waals surface area contributed by atoms with Crippen LogP contribution in [0.3, 0.4) is 0 Å². The van der Waals surface area contributed by atoms with Crippen molar-refractivity contribution in [3.63, 3.8) is 0 Å². The minimum atomic E-state index is 0. The molecule has 7 nitrogen and oxygen atoms in total. The molecular formula is C25H31Cl2N5O2. The van der Waals surface area contributed by atoms with Crippen LogP contribution in [0.5, 0.6) is 5.75 Å². The van der Waals surface area contributed by atoms with Crippen LogP contribution in [0.15, 0.2) is 54.9 Å². The van der Waals surface area contributed by atoms with Gasteiger partial charge in [-0.2, -0.15) is 0 Å². The summed E-state index contributed by atoms with van der Waals surface area (Å²) in [6.45, 7) is 8.43. The summed E-state index contributed by atoms with van der Waals surface area (Å²) < 4.78 is 12.8. The van der Waals surface area contributed by atoms with Crippen LogP contribution in [0.25, 0.3) is 27.9 Å². The zero-order chi connectivity index (χ0) is 22.1. The van der Waals surface area contributed by atoms with Crippen LogP contribution in [-0.4, -0.2) is 59.9 Å². The molecule has 4 heterocycles. The number of fused-ring (bicyclic) bond motifs is 2. The van der Waals surface area contributed by atoms with Crippen molar-refractivity contribution in [3.8, 4) is 17.1 Å². The quantitative estimate of drug-likeness (QED) is 0.387. The molecule has 5 rings (SSSR count). The first kappa shape index (κ1) is 26.0. The van der Waals surface area contributed by atoms with E-state index in [1.165, 1.54) is 5.69 Å². The number of nitrogens with one attached hydrogen (secondary N) is 1. The Morgan fingerprint density at radius 2 is 1.94 bits per heavy atom. The lowest BCUT2D eigenvalue weighted by Crippen LogP contribution is -2.57. The van der Waals surface area contributed by atoms with E-state index in [0.29, 0.717) is 13.2 Å². The van der Waals surface area contributed by atoms with Crippen LogP contribution in [0.2, 0.25) is 0 Å². The Balaban J connectivity index is 0.00000162. The summed E-state index contributed by atoms with van der Waals surface area (Å²) in [6.07, 6.45) is 3.86. The lowest BCUT2D eigenvalue weighted by Gasteiger charge is -2.40. The molecule has 1 aliphatic heterocycles. The van der Waals surface area contributed by atoms with Crippen molar-refractivity contribution in [2.24, 2.45) is 0 Å². The van der Waals surface area contributed by atoms with Crippen molar-refractivity contribution in [2.75, 3.05) is 44.9 Å². The van der Waals surface area contributed by atoms with Crippen molar-refractivity contribution in [1.82, 2.24) is 19.7 Å². The Morgan fingerprint density at radius 1 is 1.09 bits per heavy atom. The van der Waals surface area contributed by atoms with E-state index >= 15 is 0 Å². The molecule has 0 aliphatic carbocycles. The molecule has 1 aromatic carbocycles. The zero-order valence-electron chi connectivity index (χ0n) is 19.7. The standard InChI is InChI=1S/C25H29N5O2.2ClH/c1-25(2)17-29(12-10-27-25)21-6-4-5-18-7-8-20(28-24(18)21)22-16-26-23-15-19(9-11-30(22)23)32-14-13-31-3;;/h4-9,11,15-16,27H,10,12-14,17H2,1-3H3;2*1H. The first-order valence-electron chi connectivity index (χ1n) is 11.0. The van der Waals surface area contributed by atoms with E-state index < -0.39 is 0 Å². The Hall–Kier alpha value is -2.58. The van der Waals surface area contributed by atoms with Gasteiger partial charge in [0.05, 0.1) is 35.4 Å². The third-order valence-corrected chi connectivity index (χ3v) is 5.91. The van der Waals surface area contributed by atoms with E-state index in [9.17, 15) is 0 Å². The molecule has 0 radical (unpaired) electrons. The molecule has 0 atom stereocenters. The first-order chi connectivity index (χ1) is 15.5. The minimum absolute atomic E-state index is 0. The van der Waals surface area contributed by atoms with Gasteiger partial charge < -0.3 is 19.7 Å². The highest BCUT2D eigenvalue weighted by Gasteiger charge is 2.27. The number of pyridine rings is 2. The lowest BCUT2D eigenvalue weighted by molar-refractivity contribution is 0.146. The van der Waals surface area contributed by atoms with Gasteiger partial charge in [-0.05, 0) is 32.0 Å². The smallest absolute Gasteiger partial charge is 0.140 e. The van der Waals surface area contributed by atoms with E-state index in [2.05, 4.69) is 59.4 Å². The van der Waals surface area contributed by atoms with Gasteiger partial charge in [0.15, 0.2) is 0 Å².